The molecule has 0 bridgehead atoms. The number of hydrogen-bond donors (Lipinski definition) is 1. The van der Waals surface area contributed by atoms with Crippen LogP contribution in [-0.2, 0) is 0 Å². The normalized spacial score (nSPS) is 10.6. The van der Waals surface area contributed by atoms with Gasteiger partial charge in [-0.2, -0.15) is 0 Å². The number of nitrogens with one attached hydrogen (secondary N) is 1. The van der Waals surface area contributed by atoms with Crippen LogP contribution in [0.25, 0.3) is 5.65 Å². The highest BCUT2D eigenvalue weighted by Gasteiger charge is 1.96. The third-order valence-corrected chi connectivity index (χ3v) is 1.54. The highest BCUT2D eigenvalue weighted by Crippen LogP contribution is 1.96. The second-order valence-electron chi connectivity index (χ2n) is 2.45. The van der Waals surface area contributed by atoms with Crippen LogP contribution < -0.4 is 5.56 Å². The van der Waals surface area contributed by atoms with E-state index in [9.17, 15) is 4.79 Å². The molecule has 0 atom stereocenters. The Kier molecular flexibility index (Phi) is 1.09. The Morgan fingerprint density at radius 3 is 3.18 bits per heavy atom. The van der Waals surface area contributed by atoms with E-state index in [0.29, 0.717) is 5.65 Å². The van der Waals surface area contributed by atoms with Crippen molar-refractivity contribution in [3.63, 3.8) is 0 Å². The van der Waals surface area contributed by atoms with Crippen LogP contribution >= 0.6 is 0 Å². The molecule has 0 aliphatic carbocycles. The number of rotatable bonds is 0. The molecule has 2 rings (SSSR count). The fourth-order valence-electron chi connectivity index (χ4n) is 1.06. The lowest BCUT2D eigenvalue weighted by Gasteiger charge is -1.91. The van der Waals surface area contributed by atoms with Gasteiger partial charge in [0.1, 0.15) is 6.33 Å². The van der Waals surface area contributed by atoms with Gasteiger partial charge in [0.2, 0.25) is 0 Å². The van der Waals surface area contributed by atoms with Crippen LogP contribution in [0.1, 0.15) is 5.56 Å². The average Bonchev–Trinajstić information content (AvgIpc) is 2.34. The number of pyridine rings is 1. The van der Waals surface area contributed by atoms with E-state index in [1.807, 2.05) is 13.0 Å². The SMILES string of the molecule is Cc1cc(=O)n2[nH]cnc2c1. The lowest BCUT2D eigenvalue weighted by atomic mass is 10.3. The zero-order chi connectivity index (χ0) is 7.84. The van der Waals surface area contributed by atoms with Gasteiger partial charge in [0, 0.05) is 6.07 Å². The summed E-state index contributed by atoms with van der Waals surface area (Å²) in [5.41, 5.74) is 1.52. The molecule has 56 valence electrons. The molecular formula is C7H7N3O. The molecule has 0 unspecified atom stereocenters. The molecule has 0 spiro atoms. The maximum absolute atomic E-state index is 11.2. The van der Waals surface area contributed by atoms with Crippen molar-refractivity contribution < 1.29 is 0 Å². The van der Waals surface area contributed by atoms with Gasteiger partial charge in [0.15, 0.2) is 5.65 Å². The van der Waals surface area contributed by atoms with Gasteiger partial charge in [0.05, 0.1) is 0 Å². The van der Waals surface area contributed by atoms with Crippen LogP contribution in [0.4, 0.5) is 0 Å². The second-order valence-corrected chi connectivity index (χ2v) is 2.45. The predicted octanol–water partition coefficient (Wildman–Crippen LogP) is 0.331. The van der Waals surface area contributed by atoms with Gasteiger partial charge in [-0.25, -0.2) is 9.50 Å². The molecule has 0 aromatic carbocycles. The van der Waals surface area contributed by atoms with Gasteiger partial charge in [-0.1, -0.05) is 0 Å². The zero-order valence-corrected chi connectivity index (χ0v) is 6.03. The third kappa shape index (κ3) is 0.832. The first-order valence-electron chi connectivity index (χ1n) is 3.30. The molecule has 11 heavy (non-hydrogen) atoms. The number of H-pyrrole nitrogens is 1. The van der Waals surface area contributed by atoms with Crippen molar-refractivity contribution in [3.05, 3.63) is 34.4 Å². The maximum atomic E-state index is 11.2. The fraction of sp³-hybridized carbons (Fsp3) is 0.143. The van der Waals surface area contributed by atoms with Crippen LogP contribution in [0.5, 0.6) is 0 Å². The number of hydrogen-bond acceptors (Lipinski definition) is 2. The third-order valence-electron chi connectivity index (χ3n) is 1.54. The molecule has 0 fully saturated rings. The van der Waals surface area contributed by atoms with E-state index in [1.54, 1.807) is 6.07 Å². The van der Waals surface area contributed by atoms with Crippen molar-refractivity contribution >= 4 is 5.65 Å². The van der Waals surface area contributed by atoms with Gasteiger partial charge < -0.3 is 0 Å². The Morgan fingerprint density at radius 2 is 2.36 bits per heavy atom. The van der Waals surface area contributed by atoms with Crippen molar-refractivity contribution in [3.8, 4) is 0 Å². The van der Waals surface area contributed by atoms with E-state index >= 15 is 0 Å². The van der Waals surface area contributed by atoms with Crippen molar-refractivity contribution in [1.82, 2.24) is 14.6 Å². The standard InChI is InChI=1S/C7H7N3O/c1-5-2-6-8-4-9-10(6)7(11)3-5/h2-4H,1H3,(H,8,9). The summed E-state index contributed by atoms with van der Waals surface area (Å²) in [5, 5.41) is 2.71. The number of aromatic amines is 1. The van der Waals surface area contributed by atoms with Gasteiger partial charge in [-0.3, -0.25) is 9.89 Å². The van der Waals surface area contributed by atoms with E-state index in [2.05, 4.69) is 10.1 Å². The summed E-state index contributed by atoms with van der Waals surface area (Å²) in [6.07, 6.45) is 1.50. The molecule has 2 aromatic rings. The van der Waals surface area contributed by atoms with Gasteiger partial charge in [0.25, 0.3) is 5.56 Å². The molecule has 4 heteroatoms. The summed E-state index contributed by atoms with van der Waals surface area (Å²) < 4.78 is 1.40. The summed E-state index contributed by atoms with van der Waals surface area (Å²) in [5.74, 6) is 0. The van der Waals surface area contributed by atoms with E-state index in [-0.39, 0.29) is 5.56 Å². The van der Waals surface area contributed by atoms with Gasteiger partial charge >= 0.3 is 0 Å². The molecule has 1 N–H and O–H groups in total. The Balaban J connectivity index is 3.02. The van der Waals surface area contributed by atoms with Crippen molar-refractivity contribution in [2.75, 3.05) is 0 Å². The Labute approximate surface area is 62.5 Å². The quantitative estimate of drug-likeness (QED) is 0.586. The molecule has 0 radical (unpaired) electrons. The molecule has 2 heterocycles. The van der Waals surface area contributed by atoms with E-state index in [4.69, 9.17) is 0 Å². The first-order valence-corrected chi connectivity index (χ1v) is 3.30. The topological polar surface area (TPSA) is 50.2 Å². The minimum atomic E-state index is -0.0718. The van der Waals surface area contributed by atoms with Crippen LogP contribution in [0.2, 0.25) is 0 Å². The smallest absolute Gasteiger partial charge is 0.271 e. The van der Waals surface area contributed by atoms with Crippen LogP contribution in [0, 0.1) is 6.92 Å². The second kappa shape index (κ2) is 1.95. The molecule has 0 saturated heterocycles. The summed E-state index contributed by atoms with van der Waals surface area (Å²) in [6.45, 7) is 1.87. The number of aryl methyl sites for hydroxylation is 1. The molecule has 4 nitrogen and oxygen atoms in total. The minimum absolute atomic E-state index is 0.0718. The van der Waals surface area contributed by atoms with Crippen LogP contribution in [-0.4, -0.2) is 14.6 Å². The van der Waals surface area contributed by atoms with Crippen molar-refractivity contribution in [2.45, 2.75) is 6.92 Å². The molecule has 0 saturated carbocycles. The van der Waals surface area contributed by atoms with E-state index in [1.165, 1.54) is 10.8 Å². The predicted molar refractivity (Wildman–Crippen MR) is 40.5 cm³/mol. The molecular weight excluding hydrogens is 142 g/mol. The summed E-state index contributed by atoms with van der Waals surface area (Å²) in [7, 11) is 0. The molecule has 0 aliphatic rings. The van der Waals surface area contributed by atoms with Gasteiger partial charge in [-0.05, 0) is 18.6 Å². The highest BCUT2D eigenvalue weighted by atomic mass is 16.1. The summed E-state index contributed by atoms with van der Waals surface area (Å²) in [6, 6.07) is 3.41. The molecule has 2 aromatic heterocycles. The zero-order valence-electron chi connectivity index (χ0n) is 6.03. The number of nitrogens with zero attached hydrogens (tertiary/aromatic N) is 2. The van der Waals surface area contributed by atoms with Gasteiger partial charge in [-0.15, -0.1) is 0 Å². The first kappa shape index (κ1) is 6.15. The lowest BCUT2D eigenvalue weighted by Crippen LogP contribution is -2.12. The summed E-state index contributed by atoms with van der Waals surface area (Å²) >= 11 is 0. The largest absolute Gasteiger partial charge is 0.279 e. The highest BCUT2D eigenvalue weighted by molar-refractivity contribution is 5.38. The number of fused-ring (bicyclic) bond motifs is 1. The van der Waals surface area contributed by atoms with E-state index < -0.39 is 0 Å². The molecule has 0 amide bonds. The van der Waals surface area contributed by atoms with Crippen molar-refractivity contribution in [2.24, 2.45) is 0 Å². The number of aromatic nitrogens is 3. The Morgan fingerprint density at radius 1 is 1.55 bits per heavy atom. The van der Waals surface area contributed by atoms with Crippen molar-refractivity contribution in [1.29, 1.82) is 0 Å². The van der Waals surface area contributed by atoms with Crippen LogP contribution in [0.15, 0.2) is 23.3 Å². The maximum Gasteiger partial charge on any atom is 0.271 e. The van der Waals surface area contributed by atoms with Crippen LogP contribution in [0.3, 0.4) is 0 Å². The van der Waals surface area contributed by atoms with E-state index in [0.717, 1.165) is 5.56 Å². The minimum Gasteiger partial charge on any atom is -0.279 e. The fourth-order valence-corrected chi connectivity index (χ4v) is 1.06. The first-order chi connectivity index (χ1) is 5.27. The summed E-state index contributed by atoms with van der Waals surface area (Å²) in [4.78, 5) is 15.1. The Hall–Kier alpha value is -1.58. The Bertz CT molecular complexity index is 440. The lowest BCUT2D eigenvalue weighted by molar-refractivity contribution is 0.916. The average molecular weight is 149 g/mol. The molecule has 0 aliphatic heterocycles. The monoisotopic (exact) mass is 149 g/mol.